The van der Waals surface area contributed by atoms with Gasteiger partial charge in [0.1, 0.15) is 0 Å². The van der Waals surface area contributed by atoms with Crippen LogP contribution < -0.4 is 5.73 Å². The van der Waals surface area contributed by atoms with Gasteiger partial charge in [-0.25, -0.2) is 0 Å². The Morgan fingerprint density at radius 3 is 2.71 bits per heavy atom. The van der Waals surface area contributed by atoms with Crippen molar-refractivity contribution in [2.45, 2.75) is 19.4 Å². The molecule has 1 rings (SSSR count). The summed E-state index contributed by atoms with van der Waals surface area (Å²) in [5.74, 6) is 0.673. The molecule has 1 aliphatic rings. The van der Waals surface area contributed by atoms with Crippen LogP contribution in [0.2, 0.25) is 0 Å². The Kier molecular flexibility index (Phi) is 3.89. The summed E-state index contributed by atoms with van der Waals surface area (Å²) >= 11 is 0. The van der Waals surface area contributed by atoms with Gasteiger partial charge in [-0.2, -0.15) is 0 Å². The Bertz CT molecular complexity index is 206. The minimum Gasteiger partial charge on any atom is -0.348 e. The maximum absolute atomic E-state index is 11.5. The zero-order valence-corrected chi connectivity index (χ0v) is 9.36. The minimum atomic E-state index is 0.174. The van der Waals surface area contributed by atoms with Gasteiger partial charge >= 0.3 is 0 Å². The summed E-state index contributed by atoms with van der Waals surface area (Å²) in [6.45, 7) is 4.58. The molecule has 1 heterocycles. The Morgan fingerprint density at radius 1 is 1.57 bits per heavy atom. The number of likely N-dealkylation sites (N-methyl/N-ethyl adjacent to an activating group) is 1. The Morgan fingerprint density at radius 2 is 2.21 bits per heavy atom. The van der Waals surface area contributed by atoms with Crippen LogP contribution in [0, 0.1) is 5.92 Å². The summed E-state index contributed by atoms with van der Waals surface area (Å²) in [6.07, 6.45) is 1.00. The van der Waals surface area contributed by atoms with Crippen LogP contribution in [-0.2, 0) is 4.79 Å². The Labute approximate surface area is 86.0 Å². The zero-order chi connectivity index (χ0) is 10.7. The molecule has 0 spiro atoms. The van der Waals surface area contributed by atoms with Crippen molar-refractivity contribution in [3.63, 3.8) is 0 Å². The van der Waals surface area contributed by atoms with Crippen LogP contribution >= 0.6 is 0 Å². The molecule has 2 N–H and O–H groups in total. The molecule has 4 nitrogen and oxygen atoms in total. The molecule has 0 aliphatic carbocycles. The average Bonchev–Trinajstić information content (AvgIpc) is 2.11. The van der Waals surface area contributed by atoms with E-state index >= 15 is 0 Å². The maximum Gasteiger partial charge on any atom is 0.236 e. The first kappa shape index (κ1) is 11.5. The quantitative estimate of drug-likeness (QED) is 0.667. The molecule has 2 unspecified atom stereocenters. The third-order valence-corrected chi connectivity index (χ3v) is 2.91. The molecule has 0 saturated carbocycles. The highest BCUT2D eigenvalue weighted by Crippen LogP contribution is 2.14. The number of carbonyl (C=O) groups excluding carboxylic acids is 1. The van der Waals surface area contributed by atoms with Crippen molar-refractivity contribution in [2.24, 2.45) is 11.7 Å². The second kappa shape index (κ2) is 4.75. The summed E-state index contributed by atoms with van der Waals surface area (Å²) in [4.78, 5) is 15.3. The molecular weight excluding hydrogens is 178 g/mol. The van der Waals surface area contributed by atoms with E-state index in [9.17, 15) is 4.79 Å². The van der Waals surface area contributed by atoms with Crippen LogP contribution in [0.1, 0.15) is 13.3 Å². The van der Waals surface area contributed by atoms with Gasteiger partial charge in [-0.1, -0.05) is 6.92 Å². The number of amides is 1. The van der Waals surface area contributed by atoms with E-state index in [2.05, 4.69) is 11.8 Å². The van der Waals surface area contributed by atoms with Gasteiger partial charge in [-0.05, 0) is 12.3 Å². The number of rotatable bonds is 2. The van der Waals surface area contributed by atoms with Crippen LogP contribution in [0.5, 0.6) is 0 Å². The van der Waals surface area contributed by atoms with E-state index in [0.29, 0.717) is 18.5 Å². The Hall–Kier alpha value is -0.610. The number of nitrogens with zero attached hydrogens (tertiary/aromatic N) is 2. The zero-order valence-electron chi connectivity index (χ0n) is 9.36. The van der Waals surface area contributed by atoms with E-state index in [-0.39, 0.29) is 5.91 Å². The fourth-order valence-electron chi connectivity index (χ4n) is 1.73. The van der Waals surface area contributed by atoms with E-state index in [1.54, 1.807) is 19.0 Å². The summed E-state index contributed by atoms with van der Waals surface area (Å²) in [5, 5.41) is 0. The molecule has 1 aliphatic heterocycles. The molecule has 1 fully saturated rings. The standard InChI is InChI=1S/C10H21N3O/c1-8-6-13(5-4-9(8)11)7-10(14)12(2)3/h8-9H,4-7,11H2,1-3H3. The van der Waals surface area contributed by atoms with Crippen molar-refractivity contribution in [3.05, 3.63) is 0 Å². The first-order chi connectivity index (χ1) is 6.50. The molecule has 0 aromatic heterocycles. The molecule has 0 bridgehead atoms. The lowest BCUT2D eigenvalue weighted by atomic mass is 9.95. The predicted octanol–water partition coefficient (Wildman–Crippen LogP) is -0.256. The third-order valence-electron chi connectivity index (χ3n) is 2.91. The largest absolute Gasteiger partial charge is 0.348 e. The second-order valence-electron chi connectivity index (χ2n) is 4.45. The lowest BCUT2D eigenvalue weighted by Gasteiger charge is -2.35. The molecule has 1 saturated heterocycles. The van der Waals surface area contributed by atoms with E-state index in [1.807, 2.05) is 0 Å². The van der Waals surface area contributed by atoms with Gasteiger partial charge in [0, 0.05) is 33.2 Å². The van der Waals surface area contributed by atoms with E-state index in [0.717, 1.165) is 19.5 Å². The molecular formula is C10H21N3O. The highest BCUT2D eigenvalue weighted by molar-refractivity contribution is 5.77. The van der Waals surface area contributed by atoms with Crippen molar-refractivity contribution in [2.75, 3.05) is 33.7 Å². The lowest BCUT2D eigenvalue weighted by molar-refractivity contribution is -0.130. The smallest absolute Gasteiger partial charge is 0.236 e. The number of carbonyl (C=O) groups is 1. The van der Waals surface area contributed by atoms with Gasteiger partial charge in [-0.15, -0.1) is 0 Å². The van der Waals surface area contributed by atoms with Crippen LogP contribution in [0.4, 0.5) is 0 Å². The SMILES string of the molecule is CC1CN(CC(=O)N(C)C)CCC1N. The minimum absolute atomic E-state index is 0.174. The summed E-state index contributed by atoms with van der Waals surface area (Å²) in [6, 6.07) is 0.306. The highest BCUT2D eigenvalue weighted by Gasteiger charge is 2.24. The van der Waals surface area contributed by atoms with Crippen molar-refractivity contribution in [1.82, 2.24) is 9.80 Å². The number of hydrogen-bond donors (Lipinski definition) is 1. The van der Waals surface area contributed by atoms with Gasteiger partial charge in [-0.3, -0.25) is 9.69 Å². The molecule has 1 amide bonds. The van der Waals surface area contributed by atoms with Crippen molar-refractivity contribution >= 4 is 5.91 Å². The molecule has 0 aromatic rings. The predicted molar refractivity (Wildman–Crippen MR) is 56.9 cm³/mol. The maximum atomic E-state index is 11.5. The summed E-state index contributed by atoms with van der Waals surface area (Å²) in [7, 11) is 3.59. The lowest BCUT2D eigenvalue weighted by Crippen LogP contribution is -2.48. The van der Waals surface area contributed by atoms with Crippen molar-refractivity contribution < 1.29 is 4.79 Å². The van der Waals surface area contributed by atoms with Crippen molar-refractivity contribution in [3.8, 4) is 0 Å². The first-order valence-electron chi connectivity index (χ1n) is 5.18. The van der Waals surface area contributed by atoms with Crippen LogP contribution in [-0.4, -0.2) is 55.5 Å². The Balaban J connectivity index is 2.37. The monoisotopic (exact) mass is 199 g/mol. The van der Waals surface area contributed by atoms with E-state index < -0.39 is 0 Å². The third kappa shape index (κ3) is 2.96. The fraction of sp³-hybridized carbons (Fsp3) is 0.900. The van der Waals surface area contributed by atoms with Crippen LogP contribution in [0.15, 0.2) is 0 Å². The first-order valence-corrected chi connectivity index (χ1v) is 5.18. The number of hydrogen-bond acceptors (Lipinski definition) is 3. The van der Waals surface area contributed by atoms with Gasteiger partial charge in [0.15, 0.2) is 0 Å². The van der Waals surface area contributed by atoms with Crippen molar-refractivity contribution in [1.29, 1.82) is 0 Å². The fourth-order valence-corrected chi connectivity index (χ4v) is 1.73. The number of nitrogens with two attached hydrogens (primary N) is 1. The van der Waals surface area contributed by atoms with E-state index in [1.165, 1.54) is 0 Å². The normalized spacial score (nSPS) is 28.9. The van der Waals surface area contributed by atoms with E-state index in [4.69, 9.17) is 5.73 Å². The molecule has 14 heavy (non-hydrogen) atoms. The summed E-state index contributed by atoms with van der Waals surface area (Å²) < 4.78 is 0. The van der Waals surface area contributed by atoms with Gasteiger partial charge in [0.25, 0.3) is 0 Å². The second-order valence-corrected chi connectivity index (χ2v) is 4.45. The average molecular weight is 199 g/mol. The van der Waals surface area contributed by atoms with Gasteiger partial charge in [0.05, 0.1) is 6.54 Å². The topological polar surface area (TPSA) is 49.6 Å². The highest BCUT2D eigenvalue weighted by atomic mass is 16.2. The van der Waals surface area contributed by atoms with Crippen LogP contribution in [0.25, 0.3) is 0 Å². The number of likely N-dealkylation sites (tertiary alicyclic amines) is 1. The molecule has 0 aromatic carbocycles. The summed E-state index contributed by atoms with van der Waals surface area (Å²) in [5.41, 5.74) is 5.91. The molecule has 4 heteroatoms. The van der Waals surface area contributed by atoms with Crippen LogP contribution in [0.3, 0.4) is 0 Å². The van der Waals surface area contributed by atoms with Gasteiger partial charge in [0.2, 0.25) is 5.91 Å². The molecule has 0 radical (unpaired) electrons. The molecule has 2 atom stereocenters. The molecule has 82 valence electrons. The van der Waals surface area contributed by atoms with Gasteiger partial charge < -0.3 is 10.6 Å². The number of piperidine rings is 1.